The lowest BCUT2D eigenvalue weighted by Gasteiger charge is -2.13. The lowest BCUT2D eigenvalue weighted by molar-refractivity contribution is -0.124. The number of hydrogen-bond donors (Lipinski definition) is 1. The zero-order valence-electron chi connectivity index (χ0n) is 16.7. The van der Waals surface area contributed by atoms with Crippen molar-refractivity contribution >= 4 is 46.7 Å². The Labute approximate surface area is 184 Å². The van der Waals surface area contributed by atoms with Crippen molar-refractivity contribution in [3.05, 3.63) is 64.6 Å². The molecule has 1 heterocycles. The number of nitrogens with zero attached hydrogens (tertiary/aromatic N) is 1. The molecule has 6 nitrogen and oxygen atoms in total. The highest BCUT2D eigenvalue weighted by Gasteiger charge is 2.34. The zero-order chi connectivity index (χ0) is 21.5. The van der Waals surface area contributed by atoms with Crippen LogP contribution in [0.25, 0.3) is 6.08 Å². The Hall–Kier alpha value is -2.71. The first-order chi connectivity index (χ1) is 14.5. The number of carbonyl (C=O) groups is 3. The van der Waals surface area contributed by atoms with Gasteiger partial charge in [0.1, 0.15) is 5.75 Å². The molecule has 0 saturated carbocycles. The smallest absolute Gasteiger partial charge is 0.293 e. The largest absolute Gasteiger partial charge is 0.497 e. The number of benzene rings is 2. The molecular formula is C22H22N2O4S2. The summed E-state index contributed by atoms with van der Waals surface area (Å²) < 4.78 is 5.15. The topological polar surface area (TPSA) is 75.7 Å². The lowest BCUT2D eigenvalue weighted by Crippen LogP contribution is -2.37. The SMILES string of the molecule is COc1cccc(CC(=O)NCCN2C(=O)SC(=Cc3ccc(SC)cc3)C2=O)c1. The van der Waals surface area contributed by atoms with Gasteiger partial charge < -0.3 is 10.1 Å². The Morgan fingerprint density at radius 3 is 2.67 bits per heavy atom. The van der Waals surface area contributed by atoms with Crippen molar-refractivity contribution in [3.63, 3.8) is 0 Å². The zero-order valence-corrected chi connectivity index (χ0v) is 18.3. The highest BCUT2D eigenvalue weighted by molar-refractivity contribution is 8.18. The summed E-state index contributed by atoms with van der Waals surface area (Å²) in [5.74, 6) is 0.175. The Morgan fingerprint density at radius 2 is 1.97 bits per heavy atom. The number of thioether (sulfide) groups is 2. The fourth-order valence-corrected chi connectivity index (χ4v) is 4.16. The van der Waals surface area contributed by atoms with E-state index in [0.29, 0.717) is 10.7 Å². The van der Waals surface area contributed by atoms with Gasteiger partial charge in [-0.2, -0.15) is 0 Å². The van der Waals surface area contributed by atoms with E-state index in [0.717, 1.165) is 27.8 Å². The van der Waals surface area contributed by atoms with Gasteiger partial charge in [-0.25, -0.2) is 0 Å². The fraction of sp³-hybridized carbons (Fsp3) is 0.227. The molecule has 2 aromatic carbocycles. The van der Waals surface area contributed by atoms with Crippen molar-refractivity contribution in [2.75, 3.05) is 26.5 Å². The Kier molecular flexibility index (Phi) is 7.59. The minimum Gasteiger partial charge on any atom is -0.497 e. The molecule has 156 valence electrons. The van der Waals surface area contributed by atoms with Gasteiger partial charge in [0.2, 0.25) is 5.91 Å². The van der Waals surface area contributed by atoms with Crippen molar-refractivity contribution in [3.8, 4) is 5.75 Å². The van der Waals surface area contributed by atoms with Gasteiger partial charge in [0.05, 0.1) is 18.4 Å². The van der Waals surface area contributed by atoms with Crippen molar-refractivity contribution in [2.24, 2.45) is 0 Å². The Bertz CT molecular complexity index is 973. The summed E-state index contributed by atoms with van der Waals surface area (Å²) >= 11 is 2.56. The molecule has 1 fully saturated rings. The van der Waals surface area contributed by atoms with Gasteiger partial charge in [0.15, 0.2) is 0 Å². The number of hydrogen-bond acceptors (Lipinski definition) is 6. The highest BCUT2D eigenvalue weighted by Crippen LogP contribution is 2.32. The lowest BCUT2D eigenvalue weighted by atomic mass is 10.1. The normalized spacial score (nSPS) is 15.0. The molecule has 0 unspecified atom stereocenters. The third-order valence-electron chi connectivity index (χ3n) is 4.44. The number of imide groups is 1. The summed E-state index contributed by atoms with van der Waals surface area (Å²) in [6.45, 7) is 0.341. The van der Waals surface area contributed by atoms with Crippen LogP contribution in [0.5, 0.6) is 5.75 Å². The summed E-state index contributed by atoms with van der Waals surface area (Å²) in [5.41, 5.74) is 1.69. The van der Waals surface area contributed by atoms with Crippen molar-refractivity contribution in [1.29, 1.82) is 0 Å². The third kappa shape index (κ3) is 5.67. The van der Waals surface area contributed by atoms with Crippen LogP contribution in [0.1, 0.15) is 11.1 Å². The molecule has 8 heteroatoms. The molecule has 0 aliphatic carbocycles. The standard InChI is InChI=1S/C22H22N2O4S2/c1-28-17-5-3-4-16(12-17)14-20(25)23-10-11-24-21(26)19(30-22(24)27)13-15-6-8-18(29-2)9-7-15/h3-9,12-13H,10-11,14H2,1-2H3,(H,23,25). The van der Waals surface area contributed by atoms with E-state index in [2.05, 4.69) is 5.32 Å². The summed E-state index contributed by atoms with van der Waals surface area (Å²) in [5, 5.41) is 2.43. The summed E-state index contributed by atoms with van der Waals surface area (Å²) in [6, 6.07) is 15.0. The molecule has 1 aliphatic heterocycles. The van der Waals surface area contributed by atoms with E-state index < -0.39 is 0 Å². The van der Waals surface area contributed by atoms with E-state index in [-0.39, 0.29) is 36.6 Å². The maximum atomic E-state index is 12.6. The van der Waals surface area contributed by atoms with Crippen LogP contribution >= 0.6 is 23.5 Å². The summed E-state index contributed by atoms with van der Waals surface area (Å²) in [7, 11) is 1.57. The molecule has 0 radical (unpaired) electrons. The maximum absolute atomic E-state index is 12.6. The number of nitrogens with one attached hydrogen (secondary N) is 1. The molecule has 0 atom stereocenters. The predicted octanol–water partition coefficient (Wildman–Crippen LogP) is 3.81. The molecule has 0 spiro atoms. The third-order valence-corrected chi connectivity index (χ3v) is 6.09. The number of carbonyl (C=O) groups excluding carboxylic acids is 3. The fourth-order valence-electron chi connectivity index (χ4n) is 2.88. The molecule has 30 heavy (non-hydrogen) atoms. The first-order valence-electron chi connectivity index (χ1n) is 9.29. The van der Waals surface area contributed by atoms with Crippen molar-refractivity contribution < 1.29 is 19.1 Å². The van der Waals surface area contributed by atoms with E-state index >= 15 is 0 Å². The molecule has 2 aromatic rings. The molecular weight excluding hydrogens is 420 g/mol. The van der Waals surface area contributed by atoms with E-state index in [9.17, 15) is 14.4 Å². The van der Waals surface area contributed by atoms with E-state index in [1.165, 1.54) is 4.90 Å². The van der Waals surface area contributed by atoms with Gasteiger partial charge in [0, 0.05) is 18.0 Å². The van der Waals surface area contributed by atoms with Gasteiger partial charge in [-0.15, -0.1) is 11.8 Å². The highest BCUT2D eigenvalue weighted by atomic mass is 32.2. The Morgan fingerprint density at radius 1 is 1.20 bits per heavy atom. The van der Waals surface area contributed by atoms with Crippen LogP contribution in [0.4, 0.5) is 4.79 Å². The van der Waals surface area contributed by atoms with Gasteiger partial charge in [-0.1, -0.05) is 24.3 Å². The van der Waals surface area contributed by atoms with Crippen LogP contribution in [0.2, 0.25) is 0 Å². The van der Waals surface area contributed by atoms with Gasteiger partial charge >= 0.3 is 0 Å². The summed E-state index contributed by atoms with van der Waals surface area (Å²) in [4.78, 5) is 39.6. The first-order valence-corrected chi connectivity index (χ1v) is 11.3. The minimum atomic E-state index is -0.332. The van der Waals surface area contributed by atoms with Crippen molar-refractivity contribution in [2.45, 2.75) is 11.3 Å². The maximum Gasteiger partial charge on any atom is 0.293 e. The second-order valence-corrected chi connectivity index (χ2v) is 8.36. The second kappa shape index (κ2) is 10.4. The average molecular weight is 443 g/mol. The average Bonchev–Trinajstić information content (AvgIpc) is 3.01. The van der Waals surface area contributed by atoms with Crippen LogP contribution in [-0.2, 0) is 16.0 Å². The molecule has 0 aromatic heterocycles. The van der Waals surface area contributed by atoms with Crippen LogP contribution in [-0.4, -0.2) is 48.4 Å². The van der Waals surface area contributed by atoms with Crippen molar-refractivity contribution in [1.82, 2.24) is 10.2 Å². The quantitative estimate of drug-likeness (QED) is 0.495. The van der Waals surface area contributed by atoms with Gasteiger partial charge in [0.25, 0.3) is 11.1 Å². The molecule has 3 rings (SSSR count). The molecule has 1 saturated heterocycles. The van der Waals surface area contributed by atoms with Crippen LogP contribution < -0.4 is 10.1 Å². The molecule has 0 bridgehead atoms. The number of amides is 3. The predicted molar refractivity (Wildman–Crippen MR) is 121 cm³/mol. The van der Waals surface area contributed by atoms with Crippen LogP contribution in [0.3, 0.4) is 0 Å². The Balaban J connectivity index is 1.52. The minimum absolute atomic E-state index is 0.136. The van der Waals surface area contributed by atoms with E-state index in [1.807, 2.05) is 48.7 Å². The molecule has 1 aliphatic rings. The summed E-state index contributed by atoms with van der Waals surface area (Å²) in [6.07, 6.45) is 3.91. The monoisotopic (exact) mass is 442 g/mol. The number of methoxy groups -OCH3 is 1. The molecule has 1 N–H and O–H groups in total. The second-order valence-electron chi connectivity index (χ2n) is 6.48. The van der Waals surface area contributed by atoms with Gasteiger partial charge in [-0.05, 0) is 59.5 Å². The molecule has 3 amide bonds. The van der Waals surface area contributed by atoms with Crippen LogP contribution in [0.15, 0.2) is 58.3 Å². The first kappa shape index (κ1) is 22.0. The van der Waals surface area contributed by atoms with E-state index in [1.54, 1.807) is 31.0 Å². The number of ether oxygens (including phenoxy) is 1. The van der Waals surface area contributed by atoms with Gasteiger partial charge in [-0.3, -0.25) is 19.3 Å². The van der Waals surface area contributed by atoms with Crippen LogP contribution in [0, 0.1) is 0 Å². The van der Waals surface area contributed by atoms with E-state index in [4.69, 9.17) is 4.74 Å². The number of rotatable bonds is 8.